The van der Waals surface area contributed by atoms with E-state index in [1.54, 1.807) is 17.8 Å². The Labute approximate surface area is 109 Å². The largest absolute Gasteiger partial charge is 0.477 e. The van der Waals surface area contributed by atoms with Crippen molar-refractivity contribution in [2.45, 2.75) is 0 Å². The van der Waals surface area contributed by atoms with E-state index in [1.807, 2.05) is 0 Å². The Morgan fingerprint density at radius 2 is 2.28 bits per heavy atom. The molecule has 0 unspecified atom stereocenters. The predicted octanol–water partition coefficient (Wildman–Crippen LogP) is 1.43. The van der Waals surface area contributed by atoms with Gasteiger partial charge in [-0.2, -0.15) is 11.8 Å². The minimum Gasteiger partial charge on any atom is -0.477 e. The molecule has 0 aromatic carbocycles. The van der Waals surface area contributed by atoms with Crippen LogP contribution >= 0.6 is 11.8 Å². The zero-order chi connectivity index (χ0) is 13.4. The summed E-state index contributed by atoms with van der Waals surface area (Å²) in [6.45, 7) is 4.15. The van der Waals surface area contributed by atoms with Gasteiger partial charge in [0.05, 0.1) is 5.56 Å². The number of carbonyl (C=O) groups is 2. The minimum absolute atomic E-state index is 0.0758. The fraction of sp³-hybridized carbons (Fsp3) is 0.250. The fourth-order valence-electron chi connectivity index (χ4n) is 1.16. The molecule has 1 amide bonds. The SMILES string of the molecule is C=CCSCCNC(=O)c1ccc(C(=O)O)nc1. The van der Waals surface area contributed by atoms with Crippen LogP contribution < -0.4 is 5.32 Å². The molecule has 18 heavy (non-hydrogen) atoms. The molecule has 0 bridgehead atoms. The number of carbonyl (C=O) groups excluding carboxylic acids is 1. The van der Waals surface area contributed by atoms with Gasteiger partial charge in [-0.05, 0) is 12.1 Å². The first-order valence-electron chi connectivity index (χ1n) is 5.31. The number of nitrogens with zero attached hydrogens (tertiary/aromatic N) is 1. The lowest BCUT2D eigenvalue weighted by Crippen LogP contribution is -2.26. The molecule has 0 atom stereocenters. The normalized spacial score (nSPS) is 9.78. The number of amides is 1. The lowest BCUT2D eigenvalue weighted by Gasteiger charge is -2.04. The first kappa shape index (κ1) is 14.2. The van der Waals surface area contributed by atoms with Gasteiger partial charge in [-0.3, -0.25) is 4.79 Å². The van der Waals surface area contributed by atoms with Gasteiger partial charge < -0.3 is 10.4 Å². The van der Waals surface area contributed by atoms with E-state index in [2.05, 4.69) is 16.9 Å². The van der Waals surface area contributed by atoms with Gasteiger partial charge in [0, 0.05) is 24.2 Å². The summed E-state index contributed by atoms with van der Waals surface area (Å²) in [5.41, 5.74) is 0.279. The van der Waals surface area contributed by atoms with Crippen molar-refractivity contribution >= 4 is 23.6 Å². The van der Waals surface area contributed by atoms with Gasteiger partial charge in [-0.25, -0.2) is 9.78 Å². The zero-order valence-corrected chi connectivity index (χ0v) is 10.6. The summed E-state index contributed by atoms with van der Waals surface area (Å²) < 4.78 is 0. The van der Waals surface area contributed by atoms with Gasteiger partial charge in [0.1, 0.15) is 5.69 Å². The third-order valence-electron chi connectivity index (χ3n) is 2.01. The second-order valence-electron chi connectivity index (χ2n) is 3.36. The van der Waals surface area contributed by atoms with Crippen LogP contribution in [0.5, 0.6) is 0 Å². The Morgan fingerprint density at radius 3 is 2.83 bits per heavy atom. The maximum absolute atomic E-state index is 11.6. The van der Waals surface area contributed by atoms with Crippen molar-refractivity contribution in [2.24, 2.45) is 0 Å². The van der Waals surface area contributed by atoms with Crippen molar-refractivity contribution in [3.05, 3.63) is 42.2 Å². The standard InChI is InChI=1S/C12H14N2O3S/c1-2-6-18-7-5-13-11(15)9-3-4-10(12(16)17)14-8-9/h2-4,8H,1,5-7H2,(H,13,15)(H,16,17). The molecule has 0 fully saturated rings. The molecule has 0 spiro atoms. The fourth-order valence-corrected chi connectivity index (χ4v) is 1.74. The van der Waals surface area contributed by atoms with E-state index in [1.165, 1.54) is 18.3 Å². The molecule has 0 saturated heterocycles. The third kappa shape index (κ3) is 4.58. The number of carboxylic acids is 1. The number of hydrogen-bond acceptors (Lipinski definition) is 4. The molecule has 1 heterocycles. The van der Waals surface area contributed by atoms with Crippen LogP contribution in [-0.4, -0.2) is 40.0 Å². The second-order valence-corrected chi connectivity index (χ2v) is 4.51. The molecule has 96 valence electrons. The summed E-state index contributed by atoms with van der Waals surface area (Å²) in [7, 11) is 0. The highest BCUT2D eigenvalue weighted by Gasteiger charge is 2.08. The lowest BCUT2D eigenvalue weighted by atomic mass is 10.2. The van der Waals surface area contributed by atoms with Crippen LogP contribution in [0, 0.1) is 0 Å². The zero-order valence-electron chi connectivity index (χ0n) is 9.76. The molecule has 6 heteroatoms. The molecule has 5 nitrogen and oxygen atoms in total. The van der Waals surface area contributed by atoms with Crippen LogP contribution in [0.3, 0.4) is 0 Å². The van der Waals surface area contributed by atoms with Gasteiger partial charge in [0.15, 0.2) is 0 Å². The van der Waals surface area contributed by atoms with E-state index in [0.29, 0.717) is 12.1 Å². The van der Waals surface area contributed by atoms with Crippen molar-refractivity contribution in [3.8, 4) is 0 Å². The van der Waals surface area contributed by atoms with Gasteiger partial charge in [0.2, 0.25) is 0 Å². The Hall–Kier alpha value is -1.82. The Morgan fingerprint density at radius 1 is 1.50 bits per heavy atom. The summed E-state index contributed by atoms with van der Waals surface area (Å²) in [6.07, 6.45) is 3.07. The summed E-state index contributed by atoms with van der Waals surface area (Å²) in [4.78, 5) is 25.9. The van der Waals surface area contributed by atoms with E-state index in [4.69, 9.17) is 5.11 Å². The van der Waals surface area contributed by atoms with Crippen LogP contribution in [0.25, 0.3) is 0 Å². The number of nitrogens with one attached hydrogen (secondary N) is 1. The molecule has 2 N–H and O–H groups in total. The molecule has 1 rings (SSSR count). The highest BCUT2D eigenvalue weighted by molar-refractivity contribution is 7.99. The highest BCUT2D eigenvalue weighted by atomic mass is 32.2. The highest BCUT2D eigenvalue weighted by Crippen LogP contribution is 2.01. The first-order chi connectivity index (χ1) is 8.65. The second kappa shape index (κ2) is 7.50. The first-order valence-corrected chi connectivity index (χ1v) is 6.47. The Bertz CT molecular complexity index is 431. The maximum Gasteiger partial charge on any atom is 0.354 e. The minimum atomic E-state index is -1.11. The lowest BCUT2D eigenvalue weighted by molar-refractivity contribution is 0.0689. The van der Waals surface area contributed by atoms with Gasteiger partial charge in [-0.1, -0.05) is 6.08 Å². The Balaban J connectivity index is 2.41. The van der Waals surface area contributed by atoms with E-state index in [0.717, 1.165) is 11.5 Å². The molecule has 0 aliphatic carbocycles. The molecule has 1 aromatic rings. The van der Waals surface area contributed by atoms with Gasteiger partial charge in [0.25, 0.3) is 5.91 Å². The quantitative estimate of drug-likeness (QED) is 0.576. The molecule has 0 aliphatic rings. The number of carboxylic acid groups (broad SMARTS) is 1. The maximum atomic E-state index is 11.6. The summed E-state index contributed by atoms with van der Waals surface area (Å²) >= 11 is 1.67. The van der Waals surface area contributed by atoms with Gasteiger partial charge >= 0.3 is 5.97 Å². The van der Waals surface area contributed by atoms with E-state index in [9.17, 15) is 9.59 Å². The van der Waals surface area contributed by atoms with Gasteiger partial charge in [-0.15, -0.1) is 6.58 Å². The van der Waals surface area contributed by atoms with Crippen molar-refractivity contribution in [3.63, 3.8) is 0 Å². The van der Waals surface area contributed by atoms with Crippen LogP contribution in [-0.2, 0) is 0 Å². The average Bonchev–Trinajstić information content (AvgIpc) is 2.38. The summed E-state index contributed by atoms with van der Waals surface area (Å²) in [5, 5.41) is 11.4. The van der Waals surface area contributed by atoms with E-state index >= 15 is 0 Å². The van der Waals surface area contributed by atoms with Crippen LogP contribution in [0.2, 0.25) is 0 Å². The van der Waals surface area contributed by atoms with E-state index in [-0.39, 0.29) is 11.6 Å². The average molecular weight is 266 g/mol. The predicted molar refractivity (Wildman–Crippen MR) is 71.1 cm³/mol. The van der Waals surface area contributed by atoms with Crippen LogP contribution in [0.1, 0.15) is 20.8 Å². The monoisotopic (exact) mass is 266 g/mol. The summed E-state index contributed by atoms with van der Waals surface area (Å²) in [6, 6.07) is 2.76. The number of pyridine rings is 1. The summed E-state index contributed by atoms with van der Waals surface area (Å²) in [5.74, 6) is 0.296. The number of aromatic nitrogens is 1. The smallest absolute Gasteiger partial charge is 0.354 e. The van der Waals surface area contributed by atoms with Crippen molar-refractivity contribution in [2.75, 3.05) is 18.1 Å². The topological polar surface area (TPSA) is 79.3 Å². The molecule has 0 saturated carbocycles. The number of rotatable bonds is 7. The van der Waals surface area contributed by atoms with Crippen molar-refractivity contribution < 1.29 is 14.7 Å². The van der Waals surface area contributed by atoms with Crippen LogP contribution in [0.15, 0.2) is 31.0 Å². The molecular formula is C12H14N2O3S. The van der Waals surface area contributed by atoms with Crippen molar-refractivity contribution in [1.82, 2.24) is 10.3 Å². The number of thioether (sulfide) groups is 1. The number of aromatic carboxylic acids is 1. The molecule has 1 aromatic heterocycles. The molecular weight excluding hydrogens is 252 g/mol. The Kier molecular flexibility index (Phi) is 5.93. The van der Waals surface area contributed by atoms with Crippen LogP contribution in [0.4, 0.5) is 0 Å². The van der Waals surface area contributed by atoms with E-state index < -0.39 is 5.97 Å². The molecule has 0 radical (unpaired) electrons. The van der Waals surface area contributed by atoms with Crippen molar-refractivity contribution in [1.29, 1.82) is 0 Å². The third-order valence-corrected chi connectivity index (χ3v) is 2.98. The number of hydrogen-bond donors (Lipinski definition) is 2. The molecule has 0 aliphatic heterocycles.